The summed E-state index contributed by atoms with van der Waals surface area (Å²) in [6, 6.07) is 0. The Morgan fingerprint density at radius 1 is 0.870 bits per heavy atom. The van der Waals surface area contributed by atoms with Crippen LogP contribution >= 0.6 is 22.6 Å². The van der Waals surface area contributed by atoms with E-state index in [1.54, 1.807) is 0 Å². The molecule has 0 aromatic carbocycles. The first kappa shape index (κ1) is 35.3. The summed E-state index contributed by atoms with van der Waals surface area (Å²) < 4.78 is 1.30. The molecule has 0 nitrogen and oxygen atoms in total. The van der Waals surface area contributed by atoms with Crippen molar-refractivity contribution in [2.75, 3.05) is 4.43 Å². The van der Waals surface area contributed by atoms with Crippen molar-refractivity contribution in [3.05, 3.63) is 25.3 Å². The van der Waals surface area contributed by atoms with Crippen molar-refractivity contribution in [1.82, 2.24) is 0 Å². The number of alkyl halides is 1. The predicted molar refractivity (Wildman–Crippen MR) is 119 cm³/mol. The van der Waals surface area contributed by atoms with Crippen LogP contribution in [0.2, 0.25) is 0 Å². The molecule has 0 rings (SSSR count). The molecule has 0 unspecified atom stereocenters. The molecule has 0 atom stereocenters. The average molecular weight is 448 g/mol. The van der Waals surface area contributed by atoms with Crippen LogP contribution in [-0.2, 0) is 0 Å². The van der Waals surface area contributed by atoms with Gasteiger partial charge in [-0.25, -0.2) is 0 Å². The Morgan fingerprint density at radius 3 is 1.57 bits per heavy atom. The van der Waals surface area contributed by atoms with Crippen molar-refractivity contribution in [2.24, 2.45) is 5.92 Å². The van der Waals surface area contributed by atoms with E-state index < -0.39 is 0 Å². The van der Waals surface area contributed by atoms with Gasteiger partial charge in [-0.2, -0.15) is 0 Å². The van der Waals surface area contributed by atoms with Gasteiger partial charge in [-0.15, -0.1) is 13.2 Å². The van der Waals surface area contributed by atoms with Gasteiger partial charge in [-0.05, 0) is 42.4 Å². The molecule has 2 heteroatoms. The molecule has 0 aliphatic carbocycles. The fourth-order valence-electron chi connectivity index (χ4n) is 1.58. The van der Waals surface area contributed by atoms with E-state index in [2.05, 4.69) is 63.4 Å². The van der Waals surface area contributed by atoms with E-state index in [4.69, 9.17) is 0 Å². The summed E-state index contributed by atoms with van der Waals surface area (Å²) in [6.07, 6.45) is 17.2. The minimum Gasteiger partial charge on any atom is -1.00 e. The van der Waals surface area contributed by atoms with Gasteiger partial charge < -0.3 is 1.43 Å². The van der Waals surface area contributed by atoms with Crippen LogP contribution in [0.25, 0.3) is 0 Å². The molecule has 0 aromatic heterocycles. The molecule has 0 aliphatic heterocycles. The van der Waals surface area contributed by atoms with E-state index in [0.29, 0.717) is 0 Å². The third-order valence-electron chi connectivity index (χ3n) is 2.73. The molecule has 0 saturated heterocycles. The van der Waals surface area contributed by atoms with E-state index in [1.165, 1.54) is 68.6 Å². The fraction of sp³-hybridized carbons (Fsp3) is 0.810. The third kappa shape index (κ3) is 59.8. The zero-order chi connectivity index (χ0) is 16.8. The van der Waals surface area contributed by atoms with Gasteiger partial charge in [0.25, 0.3) is 0 Å². The summed E-state index contributed by atoms with van der Waals surface area (Å²) in [5, 5.41) is 0. The van der Waals surface area contributed by atoms with E-state index >= 15 is 0 Å². The summed E-state index contributed by atoms with van der Waals surface area (Å²) in [5.74, 6) is 0.878. The zero-order valence-electron chi connectivity index (χ0n) is 17.3. The maximum Gasteiger partial charge on any atom is 1.00 e. The van der Waals surface area contributed by atoms with Gasteiger partial charge in [-0.3, -0.25) is 0 Å². The van der Waals surface area contributed by atoms with Gasteiger partial charge >= 0.3 is 29.6 Å². The zero-order valence-corrected chi connectivity index (χ0v) is 20.5. The number of halogens is 1. The second-order valence-corrected chi connectivity index (χ2v) is 6.93. The number of allylic oxidation sites excluding steroid dienone is 2. The minimum absolute atomic E-state index is 0. The van der Waals surface area contributed by atoms with Crippen LogP contribution in [0.4, 0.5) is 0 Å². The Kier molecular flexibility index (Phi) is 59.4. The van der Waals surface area contributed by atoms with Crippen LogP contribution in [0.15, 0.2) is 25.3 Å². The van der Waals surface area contributed by atoms with Crippen molar-refractivity contribution in [3.63, 3.8) is 0 Å². The second kappa shape index (κ2) is 38.7. The molecular weight excluding hydrogens is 402 g/mol. The number of hydrogen-bond donors (Lipinski definition) is 0. The molecule has 0 bridgehead atoms. The number of unbranched alkanes of at least 4 members (excludes halogenated alkanes) is 6. The Bertz CT molecular complexity index is 185. The Hall–Kier alpha value is 1.21. The van der Waals surface area contributed by atoms with Crippen LogP contribution in [-0.4, -0.2) is 4.43 Å². The molecule has 0 amide bonds. The van der Waals surface area contributed by atoms with Crippen molar-refractivity contribution < 1.29 is 31.0 Å². The first-order chi connectivity index (χ1) is 10.1. The molecule has 0 spiro atoms. The normalized spacial score (nSPS) is 8.43. The maximum atomic E-state index is 3.69. The summed E-state index contributed by atoms with van der Waals surface area (Å²) in [6.45, 7) is 16.2. The summed E-state index contributed by atoms with van der Waals surface area (Å²) in [5.41, 5.74) is 0. The first-order valence-corrected chi connectivity index (χ1v) is 10.4. The van der Waals surface area contributed by atoms with Gasteiger partial charge in [-0.1, -0.05) is 102 Å². The smallest absolute Gasteiger partial charge is 1.00 e. The topological polar surface area (TPSA) is 0 Å². The second-order valence-electron chi connectivity index (χ2n) is 5.85. The molecule has 0 fully saturated rings. The summed E-state index contributed by atoms with van der Waals surface area (Å²) in [4.78, 5) is 0. The van der Waals surface area contributed by atoms with Crippen molar-refractivity contribution >= 4 is 22.6 Å². The van der Waals surface area contributed by atoms with Gasteiger partial charge in [0.1, 0.15) is 0 Å². The molecule has 0 heterocycles. The van der Waals surface area contributed by atoms with Crippen molar-refractivity contribution in [3.8, 4) is 0 Å². The molecule has 23 heavy (non-hydrogen) atoms. The Balaban J connectivity index is -0.0000000529. The largest absolute Gasteiger partial charge is 1.00 e. The van der Waals surface area contributed by atoms with Crippen molar-refractivity contribution in [1.29, 1.82) is 0 Å². The molecule has 0 N–H and O–H groups in total. The van der Waals surface area contributed by atoms with E-state index in [0.717, 1.165) is 5.92 Å². The Labute approximate surface area is 187 Å². The quantitative estimate of drug-likeness (QED) is 0.118. The fourth-order valence-corrected chi connectivity index (χ4v) is 2.12. The maximum absolute atomic E-state index is 3.69. The molecule has 0 aliphatic rings. The average Bonchev–Trinajstić information content (AvgIpc) is 2.45. The molecule has 0 radical (unpaired) electrons. The third-order valence-corrected chi connectivity index (χ3v) is 3.49. The molecule has 0 aromatic rings. The first-order valence-electron chi connectivity index (χ1n) is 8.88. The van der Waals surface area contributed by atoms with E-state index in [1.807, 2.05) is 12.2 Å². The summed E-state index contributed by atoms with van der Waals surface area (Å²) >= 11 is 2.41. The van der Waals surface area contributed by atoms with Crippen molar-refractivity contribution in [2.45, 2.75) is 99.3 Å². The minimum atomic E-state index is 0. The van der Waals surface area contributed by atoms with Gasteiger partial charge in [0.2, 0.25) is 0 Å². The number of hydrogen-bond acceptors (Lipinski definition) is 0. The summed E-state index contributed by atoms with van der Waals surface area (Å²) in [7, 11) is 0. The van der Waals surface area contributed by atoms with Crippen LogP contribution in [0.3, 0.4) is 0 Å². The standard InChI is InChI=1S/C10H20.C7H13I.C3H8.CH4.Na.H/c1-4-5-6-7-8-9-10(2)3;1-2-3-4-5-6-7-8;1-3-2;;;/h4,10H,1,5-9H2,2-3H3;2H,1,3-7H2;3H2,1-2H3;1H4;;/q;;;;+1;-1. The predicted octanol–water partition coefficient (Wildman–Crippen LogP) is 6.12. The molecule has 0 saturated carbocycles. The SMILES string of the molecule is C.C=CCCCCCC(C)C.C=CCCCCCI.CCC.[H-].[Na+]. The van der Waals surface area contributed by atoms with E-state index in [9.17, 15) is 0 Å². The van der Waals surface area contributed by atoms with Crippen LogP contribution in [0, 0.1) is 5.92 Å². The monoisotopic (exact) mass is 448 g/mol. The van der Waals surface area contributed by atoms with Gasteiger partial charge in [0.15, 0.2) is 0 Å². The van der Waals surface area contributed by atoms with Crippen LogP contribution < -0.4 is 29.6 Å². The van der Waals surface area contributed by atoms with Crippen LogP contribution in [0.1, 0.15) is 101 Å². The van der Waals surface area contributed by atoms with Gasteiger partial charge in [0.05, 0.1) is 0 Å². The van der Waals surface area contributed by atoms with E-state index in [-0.39, 0.29) is 38.4 Å². The molecular formula is C21H46INa. The van der Waals surface area contributed by atoms with Gasteiger partial charge in [0, 0.05) is 0 Å². The van der Waals surface area contributed by atoms with Crippen LogP contribution in [0.5, 0.6) is 0 Å². The number of rotatable bonds is 11. The Morgan fingerprint density at radius 2 is 1.26 bits per heavy atom. The molecule has 138 valence electrons.